The Morgan fingerprint density at radius 2 is 1.82 bits per heavy atom. The summed E-state index contributed by atoms with van der Waals surface area (Å²) in [6, 6.07) is 10.9. The monoisotopic (exact) mass is 451 g/mol. The van der Waals surface area contributed by atoms with Crippen molar-refractivity contribution in [2.24, 2.45) is 0 Å². The topological polar surface area (TPSA) is 70.6 Å². The first-order valence-corrected chi connectivity index (χ1v) is 10.3. The number of amides is 1. The maximum atomic E-state index is 13.9. The molecule has 0 saturated carbocycles. The predicted molar refractivity (Wildman–Crippen MR) is 120 cm³/mol. The summed E-state index contributed by atoms with van der Waals surface area (Å²) in [5.74, 6) is -1.95. The molecule has 9 heteroatoms. The number of nitrogens with one attached hydrogen (secondary N) is 1. The van der Waals surface area contributed by atoms with Gasteiger partial charge in [-0.25, -0.2) is 18.8 Å². The van der Waals surface area contributed by atoms with E-state index in [9.17, 15) is 13.6 Å². The molecule has 170 valence electrons. The van der Waals surface area contributed by atoms with Gasteiger partial charge in [0.05, 0.1) is 18.1 Å². The lowest BCUT2D eigenvalue weighted by molar-refractivity contribution is -0.121. The molecule has 1 aromatic carbocycles. The lowest BCUT2D eigenvalue weighted by atomic mass is 10.1. The van der Waals surface area contributed by atoms with E-state index in [0.29, 0.717) is 12.5 Å². The molecule has 33 heavy (non-hydrogen) atoms. The quantitative estimate of drug-likeness (QED) is 0.615. The van der Waals surface area contributed by atoms with Gasteiger partial charge in [0, 0.05) is 31.9 Å². The van der Waals surface area contributed by atoms with Gasteiger partial charge in [0.15, 0.2) is 11.6 Å². The molecule has 1 aliphatic heterocycles. The summed E-state index contributed by atoms with van der Waals surface area (Å²) in [7, 11) is 3.51. The number of halogens is 2. The van der Waals surface area contributed by atoms with E-state index in [-0.39, 0.29) is 0 Å². The van der Waals surface area contributed by atoms with Gasteiger partial charge in [0.2, 0.25) is 11.8 Å². The van der Waals surface area contributed by atoms with Crippen LogP contribution in [0.3, 0.4) is 0 Å². The Hall–Kier alpha value is -3.85. The molecule has 7 nitrogen and oxygen atoms in total. The van der Waals surface area contributed by atoms with Gasteiger partial charge < -0.3 is 15.1 Å². The Labute approximate surface area is 190 Å². The number of carbonyl (C=O) groups excluding carboxylic acids is 1. The standard InChI is InChI=1S/C24H23F2N5O2/c1-15-9-22(33-14-16-7-5-4-6-8-16)28-11-17(15)20-10-21(31(3)30(20)2)24(32)29-23-18(25)12-27-13-19(23)26/h4-13,21H,14H2,1-3H3,(H,27,29,32). The lowest BCUT2D eigenvalue weighted by Crippen LogP contribution is -2.43. The number of anilines is 1. The second-order valence-electron chi connectivity index (χ2n) is 7.67. The minimum Gasteiger partial charge on any atom is -0.473 e. The van der Waals surface area contributed by atoms with E-state index >= 15 is 0 Å². The third-order valence-corrected chi connectivity index (χ3v) is 5.50. The van der Waals surface area contributed by atoms with Gasteiger partial charge in [0.1, 0.15) is 18.3 Å². The zero-order valence-electron chi connectivity index (χ0n) is 18.4. The number of pyridine rings is 2. The molecule has 0 fully saturated rings. The molecule has 1 N–H and O–H groups in total. The minimum atomic E-state index is -0.937. The second kappa shape index (κ2) is 9.33. The largest absolute Gasteiger partial charge is 0.473 e. The predicted octanol–water partition coefficient (Wildman–Crippen LogP) is 3.78. The van der Waals surface area contributed by atoms with Gasteiger partial charge in [-0.3, -0.25) is 9.78 Å². The smallest absolute Gasteiger partial charge is 0.247 e. The number of rotatable bonds is 6. The first kappa shape index (κ1) is 22.3. The van der Waals surface area contributed by atoms with Gasteiger partial charge in [-0.15, -0.1) is 0 Å². The van der Waals surface area contributed by atoms with E-state index in [4.69, 9.17) is 4.74 Å². The van der Waals surface area contributed by atoms with Crippen molar-refractivity contribution in [2.75, 3.05) is 19.4 Å². The van der Waals surface area contributed by atoms with Crippen LogP contribution in [0.15, 0.2) is 61.1 Å². The number of aromatic nitrogens is 2. The van der Waals surface area contributed by atoms with E-state index in [0.717, 1.165) is 34.8 Å². The summed E-state index contributed by atoms with van der Waals surface area (Å²) in [5.41, 5.74) is 2.98. The zero-order chi connectivity index (χ0) is 23.5. The number of hydrogen-bond donors (Lipinski definition) is 1. The van der Waals surface area contributed by atoms with Crippen LogP contribution < -0.4 is 10.1 Å². The highest BCUT2D eigenvalue weighted by molar-refractivity contribution is 5.98. The third kappa shape index (κ3) is 4.68. The van der Waals surface area contributed by atoms with E-state index in [1.807, 2.05) is 43.3 Å². The minimum absolute atomic E-state index is 0.405. The Morgan fingerprint density at radius 1 is 1.12 bits per heavy atom. The Morgan fingerprint density at radius 3 is 2.48 bits per heavy atom. The SMILES string of the molecule is Cc1cc(OCc2ccccc2)ncc1C1=CC(C(=O)Nc2c(F)cncc2F)N(C)N1C. The Kier molecular flexibility index (Phi) is 6.32. The molecule has 3 heterocycles. The lowest BCUT2D eigenvalue weighted by Gasteiger charge is -2.28. The summed E-state index contributed by atoms with van der Waals surface area (Å²) in [4.78, 5) is 20.6. The van der Waals surface area contributed by atoms with Gasteiger partial charge in [-0.2, -0.15) is 0 Å². The number of aryl methyl sites for hydroxylation is 1. The molecule has 0 radical (unpaired) electrons. The molecular weight excluding hydrogens is 428 g/mol. The molecule has 0 spiro atoms. The molecule has 3 aromatic rings. The molecule has 2 aromatic heterocycles. The van der Waals surface area contributed by atoms with Crippen LogP contribution in [-0.4, -0.2) is 46.0 Å². The summed E-state index contributed by atoms with van der Waals surface area (Å²) in [6.45, 7) is 2.33. The fourth-order valence-electron chi connectivity index (χ4n) is 3.57. The number of likely N-dealkylation sites (N-methyl/N-ethyl adjacent to an activating group) is 1. The zero-order valence-corrected chi connectivity index (χ0v) is 18.4. The van der Waals surface area contributed by atoms with E-state index < -0.39 is 29.3 Å². The Bertz CT molecular complexity index is 1180. The summed E-state index contributed by atoms with van der Waals surface area (Å²) < 4.78 is 33.6. The highest BCUT2D eigenvalue weighted by Gasteiger charge is 2.34. The molecule has 1 unspecified atom stereocenters. The first-order chi connectivity index (χ1) is 15.8. The first-order valence-electron chi connectivity index (χ1n) is 10.3. The van der Waals surface area contributed by atoms with Crippen LogP contribution in [0.1, 0.15) is 16.7 Å². The van der Waals surface area contributed by atoms with Crippen molar-refractivity contribution in [1.29, 1.82) is 0 Å². The van der Waals surface area contributed by atoms with Crippen molar-refractivity contribution >= 4 is 17.3 Å². The fraction of sp³-hybridized carbons (Fsp3) is 0.208. The average molecular weight is 451 g/mol. The van der Waals surface area contributed by atoms with Crippen LogP contribution in [0, 0.1) is 18.6 Å². The summed E-state index contributed by atoms with van der Waals surface area (Å²) >= 11 is 0. The average Bonchev–Trinajstić information content (AvgIpc) is 3.10. The molecule has 0 saturated heterocycles. The van der Waals surface area contributed by atoms with Crippen LogP contribution in [0.25, 0.3) is 5.70 Å². The number of benzene rings is 1. The highest BCUT2D eigenvalue weighted by Crippen LogP contribution is 2.31. The Balaban J connectivity index is 1.52. The number of ether oxygens (including phenoxy) is 1. The molecule has 1 amide bonds. The summed E-state index contributed by atoms with van der Waals surface area (Å²) in [6.07, 6.45) is 5.11. The van der Waals surface area contributed by atoms with E-state index in [1.54, 1.807) is 36.4 Å². The molecule has 1 atom stereocenters. The third-order valence-electron chi connectivity index (χ3n) is 5.50. The fourth-order valence-corrected chi connectivity index (χ4v) is 3.57. The van der Waals surface area contributed by atoms with Crippen molar-refractivity contribution in [3.8, 4) is 5.88 Å². The molecular formula is C24H23F2N5O2. The maximum Gasteiger partial charge on any atom is 0.247 e. The van der Waals surface area contributed by atoms with Crippen LogP contribution in [0.4, 0.5) is 14.5 Å². The number of carbonyl (C=O) groups is 1. The van der Waals surface area contributed by atoms with Crippen LogP contribution in [0.5, 0.6) is 5.88 Å². The van der Waals surface area contributed by atoms with Gasteiger partial charge >= 0.3 is 0 Å². The number of hydrazine groups is 1. The van der Waals surface area contributed by atoms with E-state index in [1.165, 1.54) is 0 Å². The van der Waals surface area contributed by atoms with Crippen molar-refractivity contribution in [3.05, 3.63) is 89.4 Å². The second-order valence-corrected chi connectivity index (χ2v) is 7.67. The highest BCUT2D eigenvalue weighted by atomic mass is 19.1. The molecule has 1 aliphatic rings. The number of nitrogens with zero attached hydrogens (tertiary/aromatic N) is 4. The van der Waals surface area contributed by atoms with Gasteiger partial charge in [-0.05, 0) is 24.1 Å². The van der Waals surface area contributed by atoms with Crippen LogP contribution in [-0.2, 0) is 11.4 Å². The normalized spacial score (nSPS) is 16.0. The van der Waals surface area contributed by atoms with Crippen molar-refractivity contribution in [1.82, 2.24) is 20.0 Å². The van der Waals surface area contributed by atoms with Gasteiger partial charge in [0.25, 0.3) is 0 Å². The summed E-state index contributed by atoms with van der Waals surface area (Å²) in [5, 5.41) is 5.78. The van der Waals surface area contributed by atoms with Crippen LogP contribution in [0.2, 0.25) is 0 Å². The maximum absolute atomic E-state index is 13.9. The van der Waals surface area contributed by atoms with Crippen molar-refractivity contribution in [3.63, 3.8) is 0 Å². The van der Waals surface area contributed by atoms with Crippen molar-refractivity contribution < 1.29 is 18.3 Å². The van der Waals surface area contributed by atoms with E-state index in [2.05, 4.69) is 15.3 Å². The number of hydrogen-bond acceptors (Lipinski definition) is 6. The van der Waals surface area contributed by atoms with Gasteiger partial charge in [-0.1, -0.05) is 30.3 Å². The van der Waals surface area contributed by atoms with Crippen LogP contribution >= 0.6 is 0 Å². The molecule has 0 bridgehead atoms. The van der Waals surface area contributed by atoms with Crippen molar-refractivity contribution in [2.45, 2.75) is 19.6 Å². The molecule has 4 rings (SSSR count). The molecule has 0 aliphatic carbocycles.